The van der Waals surface area contributed by atoms with Crippen molar-refractivity contribution in [1.82, 2.24) is 9.97 Å². The van der Waals surface area contributed by atoms with Crippen LogP contribution in [-0.4, -0.2) is 9.97 Å². The van der Waals surface area contributed by atoms with Gasteiger partial charge in [-0.1, -0.05) is 141 Å². The van der Waals surface area contributed by atoms with E-state index < -0.39 is 0 Å². The minimum Gasteiger partial charge on any atom is -0.310 e. The fraction of sp³-hybridized carbons (Fsp3) is 0.0943. The van der Waals surface area contributed by atoms with E-state index in [-0.39, 0.29) is 5.41 Å². The van der Waals surface area contributed by atoms with Gasteiger partial charge in [-0.2, -0.15) is 0 Å². The molecule has 1 aliphatic carbocycles. The van der Waals surface area contributed by atoms with Gasteiger partial charge in [0.05, 0.1) is 28.1 Å². The van der Waals surface area contributed by atoms with Gasteiger partial charge in [-0.25, -0.2) is 9.97 Å². The second kappa shape index (κ2) is 12.6. The van der Waals surface area contributed by atoms with Gasteiger partial charge in [0, 0.05) is 33.3 Å². The first-order chi connectivity index (χ1) is 27.6. The molecule has 1 aliphatic rings. The van der Waals surface area contributed by atoms with Gasteiger partial charge >= 0.3 is 0 Å². The van der Waals surface area contributed by atoms with Crippen LogP contribution < -0.4 is 4.90 Å². The Morgan fingerprint density at radius 1 is 0.446 bits per heavy atom. The van der Waals surface area contributed by atoms with Crippen LogP contribution in [0.15, 0.2) is 176 Å². The first kappa shape index (κ1) is 32.6. The number of benzene rings is 9. The zero-order valence-corrected chi connectivity index (χ0v) is 31.5. The van der Waals surface area contributed by atoms with E-state index in [1.54, 1.807) is 0 Å². The third kappa shape index (κ3) is 4.77. The van der Waals surface area contributed by atoms with Crippen molar-refractivity contribution in [3.8, 4) is 33.6 Å². The summed E-state index contributed by atoms with van der Waals surface area (Å²) in [6.07, 6.45) is 2.08. The maximum absolute atomic E-state index is 5.35. The van der Waals surface area contributed by atoms with Gasteiger partial charge < -0.3 is 4.90 Å². The lowest BCUT2D eigenvalue weighted by molar-refractivity contribution is 0.490. The van der Waals surface area contributed by atoms with Crippen molar-refractivity contribution in [3.63, 3.8) is 0 Å². The fourth-order valence-corrected chi connectivity index (χ4v) is 9.70. The van der Waals surface area contributed by atoms with Crippen molar-refractivity contribution < 1.29 is 0 Å². The van der Waals surface area contributed by atoms with Crippen LogP contribution >= 0.6 is 0 Å². The normalized spacial score (nSPS) is 13.1. The van der Waals surface area contributed by atoms with Crippen LogP contribution in [0.5, 0.6) is 0 Å². The molecule has 0 bridgehead atoms. The Balaban J connectivity index is 1.07. The lowest BCUT2D eigenvalue weighted by Crippen LogP contribution is -2.23. The summed E-state index contributed by atoms with van der Waals surface area (Å²) < 4.78 is 0. The monoisotopic (exact) mass is 717 g/mol. The number of rotatable bonds is 7. The average molecular weight is 718 g/mol. The van der Waals surface area contributed by atoms with E-state index in [0.29, 0.717) is 0 Å². The van der Waals surface area contributed by atoms with Gasteiger partial charge in [0.2, 0.25) is 0 Å². The summed E-state index contributed by atoms with van der Waals surface area (Å²) in [5.41, 5.74) is 14.5. The van der Waals surface area contributed by atoms with Crippen molar-refractivity contribution in [2.75, 3.05) is 4.90 Å². The van der Waals surface area contributed by atoms with Crippen molar-refractivity contribution in [3.05, 3.63) is 187 Å². The molecule has 0 radical (unpaired) electrons. The van der Waals surface area contributed by atoms with Crippen molar-refractivity contribution >= 4 is 60.4 Å². The molecule has 9 aromatic carbocycles. The summed E-state index contributed by atoms with van der Waals surface area (Å²) in [7, 11) is 0. The van der Waals surface area contributed by atoms with Crippen molar-refractivity contribution in [1.29, 1.82) is 0 Å². The second-order valence-electron chi connectivity index (χ2n) is 15.2. The van der Waals surface area contributed by atoms with Crippen LogP contribution in [-0.2, 0) is 5.41 Å². The summed E-state index contributed by atoms with van der Waals surface area (Å²) in [5, 5.41) is 7.65. The molecule has 0 saturated carbocycles. The van der Waals surface area contributed by atoms with Gasteiger partial charge in [0.25, 0.3) is 0 Å². The number of hydrogen-bond acceptors (Lipinski definition) is 3. The molecule has 56 heavy (non-hydrogen) atoms. The van der Waals surface area contributed by atoms with Crippen molar-refractivity contribution in [2.24, 2.45) is 0 Å². The molecule has 0 saturated heterocycles. The van der Waals surface area contributed by atoms with E-state index in [4.69, 9.17) is 9.97 Å². The highest BCUT2D eigenvalue weighted by Gasteiger charge is 2.40. The lowest BCUT2D eigenvalue weighted by atomic mass is 9.73. The number of aromatic nitrogens is 2. The van der Waals surface area contributed by atoms with E-state index in [9.17, 15) is 0 Å². The van der Waals surface area contributed by atoms with Gasteiger partial charge in [0.15, 0.2) is 0 Å². The zero-order valence-electron chi connectivity index (χ0n) is 31.5. The molecule has 3 nitrogen and oxygen atoms in total. The van der Waals surface area contributed by atoms with Crippen LogP contribution in [0.3, 0.4) is 0 Å². The van der Waals surface area contributed by atoms with Crippen LogP contribution in [0.1, 0.15) is 37.8 Å². The maximum atomic E-state index is 5.35. The molecule has 10 aromatic rings. The Labute approximate surface area is 326 Å². The molecule has 1 aromatic heterocycles. The topological polar surface area (TPSA) is 29.0 Å². The number of para-hydroxylation sites is 3. The van der Waals surface area contributed by atoms with Crippen LogP contribution in [0.4, 0.5) is 17.1 Å². The van der Waals surface area contributed by atoms with Gasteiger partial charge in [-0.05, 0) is 111 Å². The van der Waals surface area contributed by atoms with Gasteiger partial charge in [-0.3, -0.25) is 0 Å². The number of anilines is 3. The molecule has 1 heterocycles. The van der Waals surface area contributed by atoms with Gasteiger partial charge in [-0.15, -0.1) is 0 Å². The summed E-state index contributed by atoms with van der Waals surface area (Å²) in [4.78, 5) is 13.1. The highest BCUT2D eigenvalue weighted by atomic mass is 15.1. The van der Waals surface area contributed by atoms with Crippen molar-refractivity contribution in [2.45, 2.75) is 32.1 Å². The molecule has 0 amide bonds. The molecule has 3 heteroatoms. The molecule has 0 aliphatic heterocycles. The molecular weight excluding hydrogens is 679 g/mol. The molecular formula is C53H39N3. The van der Waals surface area contributed by atoms with E-state index in [2.05, 4.69) is 183 Å². The number of fused-ring (bicyclic) bond motifs is 4. The third-order valence-corrected chi connectivity index (χ3v) is 12.5. The highest BCUT2D eigenvalue weighted by Crippen LogP contribution is 2.53. The zero-order chi connectivity index (χ0) is 37.4. The first-order valence-corrected chi connectivity index (χ1v) is 19.8. The molecule has 11 rings (SSSR count). The van der Waals surface area contributed by atoms with Gasteiger partial charge in [0.1, 0.15) is 0 Å². The Morgan fingerprint density at radius 3 is 1.75 bits per heavy atom. The molecule has 266 valence electrons. The van der Waals surface area contributed by atoms with E-state index in [0.717, 1.165) is 63.5 Å². The standard InChI is InChI=1S/C53H39N3/c1-3-53(4-2)44-18-9-8-17-41(44)42-30-26-38(33-45(42)53)52-51(54-46-19-10-11-20-47(46)55-52)37-23-28-40(29-24-37)56(39-15-6-5-7-16-39)48-32-27-36-22-21-34-13-12-14-35-25-31-43(48)50(36)49(34)35/h5-33H,3-4H2,1-2H3. The molecule has 0 fully saturated rings. The SMILES string of the molecule is CCC1(CC)c2ccccc2-c2ccc(-c3nc4ccccc4nc3-c3ccc(N(c4ccccc4)c4ccc5ccc6cccc7ccc4c5c67)cc3)cc21. The summed E-state index contributed by atoms with van der Waals surface area (Å²) in [5.74, 6) is 0. The minimum absolute atomic E-state index is 0.0277. The lowest BCUT2D eigenvalue weighted by Gasteiger charge is -2.30. The van der Waals surface area contributed by atoms with Crippen LogP contribution in [0.2, 0.25) is 0 Å². The highest BCUT2D eigenvalue weighted by molar-refractivity contribution is 6.25. The Morgan fingerprint density at radius 2 is 1.02 bits per heavy atom. The quantitative estimate of drug-likeness (QED) is 0.154. The summed E-state index contributed by atoms with van der Waals surface area (Å²) in [6, 6.07) is 63.9. The van der Waals surface area contributed by atoms with Crippen LogP contribution in [0.25, 0.3) is 77.0 Å². The van der Waals surface area contributed by atoms with Crippen LogP contribution in [0, 0.1) is 0 Å². The minimum atomic E-state index is -0.0277. The summed E-state index contributed by atoms with van der Waals surface area (Å²) >= 11 is 0. The predicted molar refractivity (Wildman–Crippen MR) is 236 cm³/mol. The number of hydrogen-bond donors (Lipinski definition) is 0. The van der Waals surface area contributed by atoms with E-state index >= 15 is 0 Å². The van der Waals surface area contributed by atoms with E-state index in [1.807, 2.05) is 12.1 Å². The third-order valence-electron chi connectivity index (χ3n) is 12.5. The molecule has 0 N–H and O–H groups in total. The second-order valence-corrected chi connectivity index (χ2v) is 15.2. The molecule has 0 spiro atoms. The number of nitrogens with zero attached hydrogens (tertiary/aromatic N) is 3. The predicted octanol–water partition coefficient (Wildman–Crippen LogP) is 14.4. The maximum Gasteiger partial charge on any atom is 0.0973 e. The molecule has 0 unspecified atom stereocenters. The average Bonchev–Trinajstić information content (AvgIpc) is 3.55. The Bertz CT molecular complexity index is 3090. The fourth-order valence-electron chi connectivity index (χ4n) is 9.70. The smallest absolute Gasteiger partial charge is 0.0973 e. The first-order valence-electron chi connectivity index (χ1n) is 19.8. The summed E-state index contributed by atoms with van der Waals surface area (Å²) in [6.45, 7) is 4.65. The Kier molecular flexibility index (Phi) is 7.34. The van der Waals surface area contributed by atoms with E-state index in [1.165, 1.54) is 54.6 Å². The Hall–Kier alpha value is -6.84. The molecule has 0 atom stereocenters. The largest absolute Gasteiger partial charge is 0.310 e.